The van der Waals surface area contributed by atoms with Gasteiger partial charge in [0.1, 0.15) is 18.5 Å². The van der Waals surface area contributed by atoms with Crippen LogP contribution in [0.25, 0.3) is 0 Å². The van der Waals surface area contributed by atoms with E-state index in [0.29, 0.717) is 25.1 Å². The fourth-order valence-electron chi connectivity index (χ4n) is 2.21. The van der Waals surface area contributed by atoms with Crippen LogP contribution in [0, 0.1) is 6.92 Å². The highest BCUT2D eigenvalue weighted by atomic mass is 127. The van der Waals surface area contributed by atoms with Crippen LogP contribution in [0.2, 0.25) is 0 Å². The maximum Gasteiger partial charge on any atom is 0.330 e. The molecule has 122 valence electrons. The number of halogens is 1. The van der Waals surface area contributed by atoms with Crippen molar-refractivity contribution in [2.24, 2.45) is 0 Å². The van der Waals surface area contributed by atoms with Crippen LogP contribution < -0.4 is 11.2 Å². The molecule has 4 atom stereocenters. The second-order valence-electron chi connectivity index (χ2n) is 4.88. The number of alkyl halides is 1. The SMILES string of the molecule is COCCO[C@@H]1[C@H](I)[C@@H](C=O)O[C@H]1n1cc(C)c(=O)[nH]c1=O. The van der Waals surface area contributed by atoms with Crippen LogP contribution in [0.4, 0.5) is 0 Å². The summed E-state index contributed by atoms with van der Waals surface area (Å²) in [7, 11) is 1.55. The molecule has 1 N–H and O–H groups in total. The molecule has 0 spiro atoms. The standard InChI is InChI=1S/C13H17IN2O6/c1-7-5-16(13(19)15-11(7)18)12-10(21-4-3-20-2)9(14)8(6-17)22-12/h5-6,8-10,12H,3-4H2,1-2H3,(H,15,18,19)/t8-,9-,10-,12-/m1/s1. The Morgan fingerprint density at radius 3 is 2.82 bits per heavy atom. The van der Waals surface area contributed by atoms with Gasteiger partial charge in [0, 0.05) is 18.9 Å². The third kappa shape index (κ3) is 3.47. The number of aromatic amines is 1. The Kier molecular flexibility index (Phi) is 5.89. The lowest BCUT2D eigenvalue weighted by Crippen LogP contribution is -2.38. The molecule has 9 heteroatoms. The topological polar surface area (TPSA) is 99.6 Å². The zero-order chi connectivity index (χ0) is 16.3. The predicted octanol–water partition coefficient (Wildman–Crippen LogP) is -0.223. The smallest absolute Gasteiger partial charge is 0.330 e. The van der Waals surface area contributed by atoms with Crippen molar-refractivity contribution in [2.75, 3.05) is 20.3 Å². The van der Waals surface area contributed by atoms with E-state index in [2.05, 4.69) is 27.6 Å². The largest absolute Gasteiger partial charge is 0.382 e. The Balaban J connectivity index is 2.33. The van der Waals surface area contributed by atoms with Gasteiger partial charge in [0.05, 0.1) is 17.1 Å². The summed E-state index contributed by atoms with van der Waals surface area (Å²) in [4.78, 5) is 36.8. The summed E-state index contributed by atoms with van der Waals surface area (Å²) in [6, 6.07) is 0. The molecule has 2 heterocycles. The van der Waals surface area contributed by atoms with Crippen molar-refractivity contribution in [3.05, 3.63) is 32.6 Å². The first-order valence-corrected chi connectivity index (χ1v) is 7.91. The first-order chi connectivity index (χ1) is 10.5. The van der Waals surface area contributed by atoms with Gasteiger partial charge in [0.25, 0.3) is 5.56 Å². The highest BCUT2D eigenvalue weighted by Gasteiger charge is 2.45. The quantitative estimate of drug-likeness (QED) is 0.293. The summed E-state index contributed by atoms with van der Waals surface area (Å²) in [6.07, 6.45) is 0.130. The number of nitrogens with zero attached hydrogens (tertiary/aromatic N) is 1. The van der Waals surface area contributed by atoms with Crippen molar-refractivity contribution in [1.82, 2.24) is 9.55 Å². The molecule has 1 fully saturated rings. The number of hydrogen-bond donors (Lipinski definition) is 1. The van der Waals surface area contributed by atoms with Gasteiger partial charge in [-0.15, -0.1) is 0 Å². The van der Waals surface area contributed by atoms with Gasteiger partial charge in [-0.25, -0.2) is 4.79 Å². The molecule has 22 heavy (non-hydrogen) atoms. The molecule has 0 saturated carbocycles. The Morgan fingerprint density at radius 2 is 2.18 bits per heavy atom. The first-order valence-electron chi connectivity index (χ1n) is 6.67. The minimum Gasteiger partial charge on any atom is -0.382 e. The number of ether oxygens (including phenoxy) is 3. The number of H-pyrrole nitrogens is 1. The minimum absolute atomic E-state index is 0.254. The van der Waals surface area contributed by atoms with Gasteiger partial charge in [-0.1, -0.05) is 22.6 Å². The maximum absolute atomic E-state index is 12.0. The number of rotatable bonds is 6. The molecule has 1 aromatic rings. The number of nitrogens with one attached hydrogen (secondary N) is 1. The lowest BCUT2D eigenvalue weighted by atomic mass is 10.2. The summed E-state index contributed by atoms with van der Waals surface area (Å²) in [5.41, 5.74) is -0.677. The van der Waals surface area contributed by atoms with Crippen molar-refractivity contribution < 1.29 is 19.0 Å². The average Bonchev–Trinajstić information content (AvgIpc) is 2.80. The molecular formula is C13H17IN2O6. The molecule has 0 unspecified atom stereocenters. The van der Waals surface area contributed by atoms with E-state index in [-0.39, 0.29) is 3.92 Å². The third-order valence-corrected chi connectivity index (χ3v) is 4.77. The highest BCUT2D eigenvalue weighted by molar-refractivity contribution is 14.1. The molecule has 1 aliphatic rings. The van der Waals surface area contributed by atoms with E-state index in [9.17, 15) is 14.4 Å². The molecular weight excluding hydrogens is 407 g/mol. The molecule has 1 saturated heterocycles. The van der Waals surface area contributed by atoms with E-state index in [1.54, 1.807) is 14.0 Å². The summed E-state index contributed by atoms with van der Waals surface area (Å²) in [6.45, 7) is 2.28. The summed E-state index contributed by atoms with van der Waals surface area (Å²) < 4.78 is 17.3. The normalized spacial score (nSPS) is 28.0. The van der Waals surface area contributed by atoms with Crippen LogP contribution in [0.5, 0.6) is 0 Å². The van der Waals surface area contributed by atoms with Gasteiger partial charge in [0.15, 0.2) is 6.23 Å². The lowest BCUT2D eigenvalue weighted by molar-refractivity contribution is -0.121. The molecule has 1 aliphatic heterocycles. The van der Waals surface area contributed by atoms with Crippen molar-refractivity contribution in [1.29, 1.82) is 0 Å². The first kappa shape index (κ1) is 17.3. The Labute approximate surface area is 139 Å². The van der Waals surface area contributed by atoms with E-state index >= 15 is 0 Å². The van der Waals surface area contributed by atoms with E-state index in [0.717, 1.165) is 0 Å². The number of aryl methyl sites for hydroxylation is 1. The second kappa shape index (κ2) is 7.49. The fourth-order valence-corrected chi connectivity index (χ4v) is 3.11. The average molecular weight is 424 g/mol. The van der Waals surface area contributed by atoms with Crippen LogP contribution in [-0.2, 0) is 19.0 Å². The number of aldehydes is 1. The molecule has 0 amide bonds. The monoisotopic (exact) mass is 424 g/mol. The third-order valence-electron chi connectivity index (χ3n) is 3.36. The van der Waals surface area contributed by atoms with Crippen molar-refractivity contribution in [3.63, 3.8) is 0 Å². The molecule has 0 bridgehead atoms. The van der Waals surface area contributed by atoms with E-state index < -0.39 is 29.7 Å². The lowest BCUT2D eigenvalue weighted by Gasteiger charge is -2.22. The zero-order valence-corrected chi connectivity index (χ0v) is 14.3. The van der Waals surface area contributed by atoms with Crippen LogP contribution in [0.1, 0.15) is 11.8 Å². The molecule has 2 rings (SSSR count). The van der Waals surface area contributed by atoms with Crippen molar-refractivity contribution in [3.8, 4) is 0 Å². The van der Waals surface area contributed by atoms with Gasteiger partial charge in [0.2, 0.25) is 0 Å². The number of hydrogen-bond acceptors (Lipinski definition) is 6. The fraction of sp³-hybridized carbons (Fsp3) is 0.615. The van der Waals surface area contributed by atoms with Gasteiger partial charge >= 0.3 is 5.69 Å². The maximum atomic E-state index is 12.0. The van der Waals surface area contributed by atoms with E-state index in [1.165, 1.54) is 10.8 Å². The zero-order valence-electron chi connectivity index (χ0n) is 12.2. The highest BCUT2D eigenvalue weighted by Crippen LogP contribution is 2.34. The number of methoxy groups -OCH3 is 1. The summed E-state index contributed by atoms with van der Waals surface area (Å²) in [5, 5.41) is 0. The number of aromatic nitrogens is 2. The van der Waals surface area contributed by atoms with Gasteiger partial charge in [-0.2, -0.15) is 0 Å². The van der Waals surface area contributed by atoms with Crippen LogP contribution in [0.3, 0.4) is 0 Å². The Bertz CT molecular complexity index is 642. The van der Waals surface area contributed by atoms with Crippen molar-refractivity contribution >= 4 is 28.9 Å². The Hall–Kier alpha value is -1.04. The molecule has 1 aromatic heterocycles. The molecule has 0 radical (unpaired) electrons. The van der Waals surface area contributed by atoms with Gasteiger partial charge in [-0.3, -0.25) is 14.3 Å². The molecule has 0 aliphatic carbocycles. The summed E-state index contributed by atoms with van der Waals surface area (Å²) in [5.74, 6) is 0. The molecule has 0 aromatic carbocycles. The van der Waals surface area contributed by atoms with Gasteiger partial charge < -0.3 is 19.0 Å². The molecule has 8 nitrogen and oxygen atoms in total. The van der Waals surface area contributed by atoms with E-state index in [1.807, 2.05) is 0 Å². The van der Waals surface area contributed by atoms with E-state index in [4.69, 9.17) is 14.2 Å². The van der Waals surface area contributed by atoms with Crippen molar-refractivity contribution in [2.45, 2.75) is 29.3 Å². The second-order valence-corrected chi connectivity index (χ2v) is 6.32. The van der Waals surface area contributed by atoms with Crippen LogP contribution in [-0.4, -0.2) is 52.3 Å². The minimum atomic E-state index is -0.781. The number of carbonyl (C=O) groups excluding carboxylic acids is 1. The van der Waals surface area contributed by atoms with Crippen LogP contribution in [0.15, 0.2) is 15.8 Å². The van der Waals surface area contributed by atoms with Crippen LogP contribution >= 0.6 is 22.6 Å². The Morgan fingerprint density at radius 1 is 1.45 bits per heavy atom. The van der Waals surface area contributed by atoms with Gasteiger partial charge in [-0.05, 0) is 6.92 Å². The number of carbonyl (C=O) groups is 1. The predicted molar refractivity (Wildman–Crippen MR) is 85.5 cm³/mol. The summed E-state index contributed by atoms with van der Waals surface area (Å²) >= 11 is 2.07.